The number of aryl methyl sites for hydroxylation is 2. The van der Waals surface area contributed by atoms with Gasteiger partial charge in [0.2, 0.25) is 0 Å². The van der Waals surface area contributed by atoms with Crippen LogP contribution in [-0.2, 0) is 12.8 Å². The fourth-order valence-corrected chi connectivity index (χ4v) is 6.97. The monoisotopic (exact) mass is 566 g/mol. The van der Waals surface area contributed by atoms with Gasteiger partial charge in [0.15, 0.2) is 0 Å². The van der Waals surface area contributed by atoms with Crippen molar-refractivity contribution in [2.24, 2.45) is 0 Å². The first-order valence-electron chi connectivity index (χ1n) is 15.0. The lowest BCUT2D eigenvalue weighted by molar-refractivity contribution is 0.654. The van der Waals surface area contributed by atoms with Gasteiger partial charge < -0.3 is 13.4 Å². The highest BCUT2D eigenvalue weighted by Gasteiger charge is 2.16. The number of aromatic nitrogens is 1. The normalized spacial score (nSPS) is 11.9. The third-order valence-corrected chi connectivity index (χ3v) is 9.00. The van der Waals surface area contributed by atoms with E-state index in [1.54, 1.807) is 0 Å². The van der Waals surface area contributed by atoms with Crippen molar-refractivity contribution in [1.82, 2.24) is 4.57 Å². The lowest BCUT2D eigenvalue weighted by atomic mass is 10.0. The van der Waals surface area contributed by atoms with E-state index in [1.165, 1.54) is 32.9 Å². The molecule has 3 aromatic heterocycles. The average molecular weight is 567 g/mol. The van der Waals surface area contributed by atoms with Crippen LogP contribution in [0.5, 0.6) is 0 Å². The molecule has 0 unspecified atom stereocenters. The van der Waals surface area contributed by atoms with Crippen LogP contribution in [0.2, 0.25) is 0 Å². The number of furan rings is 2. The van der Waals surface area contributed by atoms with E-state index in [1.807, 2.05) is 18.2 Å². The van der Waals surface area contributed by atoms with E-state index in [2.05, 4.69) is 114 Å². The zero-order valence-electron chi connectivity index (χ0n) is 23.9. The van der Waals surface area contributed by atoms with E-state index in [-0.39, 0.29) is 0 Å². The number of fused-ring (bicyclic) bond motifs is 9. The van der Waals surface area contributed by atoms with Crippen LogP contribution in [0.4, 0.5) is 0 Å². The summed E-state index contributed by atoms with van der Waals surface area (Å²) in [6.07, 6.45) is 2.74. The highest BCUT2D eigenvalue weighted by molar-refractivity contribution is 6.11. The molecule has 0 aliphatic carbocycles. The number of hydrogen-bond acceptors (Lipinski definition) is 3. The van der Waals surface area contributed by atoms with Crippen molar-refractivity contribution >= 4 is 65.7 Å². The van der Waals surface area contributed by atoms with Gasteiger partial charge in [-0.1, -0.05) is 72.8 Å². The molecule has 9 aromatic rings. The molecular weight excluding hydrogens is 540 g/mol. The maximum Gasteiger partial charge on any atom is 0.138 e. The third kappa shape index (κ3) is 3.70. The third-order valence-electron chi connectivity index (χ3n) is 9.00. The maximum absolute atomic E-state index is 9.35. The van der Waals surface area contributed by atoms with Crippen molar-refractivity contribution in [2.45, 2.75) is 19.3 Å². The van der Waals surface area contributed by atoms with E-state index in [9.17, 15) is 5.26 Å². The van der Waals surface area contributed by atoms with Gasteiger partial charge in [-0.05, 0) is 78.9 Å². The molecule has 0 bridgehead atoms. The van der Waals surface area contributed by atoms with Gasteiger partial charge in [-0.3, -0.25) is 0 Å². The molecule has 0 saturated carbocycles. The molecule has 0 spiro atoms. The summed E-state index contributed by atoms with van der Waals surface area (Å²) in [5.74, 6) is 0. The quantitative estimate of drug-likeness (QED) is 0.208. The summed E-state index contributed by atoms with van der Waals surface area (Å²) in [5.41, 5.74) is 10.2. The Hall–Kier alpha value is -5.79. The summed E-state index contributed by atoms with van der Waals surface area (Å²) in [6, 6.07) is 44.4. The number of benzene rings is 6. The summed E-state index contributed by atoms with van der Waals surface area (Å²) >= 11 is 0. The molecule has 4 heteroatoms. The first-order valence-corrected chi connectivity index (χ1v) is 15.0. The minimum atomic E-state index is 0.645. The Labute approximate surface area is 252 Å². The summed E-state index contributed by atoms with van der Waals surface area (Å²) in [6.45, 7) is 0. The van der Waals surface area contributed by atoms with Crippen molar-refractivity contribution in [1.29, 1.82) is 5.26 Å². The van der Waals surface area contributed by atoms with Crippen LogP contribution in [0.15, 0.2) is 130 Å². The van der Waals surface area contributed by atoms with Crippen molar-refractivity contribution in [3.8, 4) is 11.8 Å². The Bertz CT molecular complexity index is 2550. The lowest BCUT2D eigenvalue weighted by Crippen LogP contribution is -1.93. The molecule has 3 heterocycles. The molecule has 0 aliphatic rings. The molecule has 44 heavy (non-hydrogen) atoms. The van der Waals surface area contributed by atoms with Gasteiger partial charge in [0, 0.05) is 38.0 Å². The lowest BCUT2D eigenvalue weighted by Gasteiger charge is -2.08. The van der Waals surface area contributed by atoms with Gasteiger partial charge in [0.25, 0.3) is 0 Å². The van der Waals surface area contributed by atoms with Crippen LogP contribution in [0.25, 0.3) is 71.4 Å². The second kappa shape index (κ2) is 9.62. The fraction of sp³-hybridized carbons (Fsp3) is 0.0750. The molecule has 0 aliphatic heterocycles. The van der Waals surface area contributed by atoms with E-state index in [0.29, 0.717) is 5.56 Å². The van der Waals surface area contributed by atoms with E-state index >= 15 is 0 Å². The van der Waals surface area contributed by atoms with Gasteiger partial charge in [-0.2, -0.15) is 5.26 Å². The second-order valence-electron chi connectivity index (χ2n) is 11.5. The number of hydrogen-bond donors (Lipinski definition) is 0. The van der Waals surface area contributed by atoms with Gasteiger partial charge in [0.05, 0.1) is 22.7 Å². The molecule has 0 fully saturated rings. The largest absolute Gasteiger partial charge is 0.456 e. The highest BCUT2D eigenvalue weighted by atomic mass is 16.3. The zero-order chi connectivity index (χ0) is 29.2. The van der Waals surface area contributed by atoms with Gasteiger partial charge in [-0.25, -0.2) is 0 Å². The Kier molecular flexibility index (Phi) is 5.42. The molecule has 0 atom stereocenters. The Morgan fingerprint density at radius 2 is 1.07 bits per heavy atom. The Balaban J connectivity index is 1.07. The van der Waals surface area contributed by atoms with Crippen LogP contribution in [0, 0.1) is 11.3 Å². The molecule has 0 N–H and O–H groups in total. The van der Waals surface area contributed by atoms with Crippen LogP contribution in [-0.4, -0.2) is 4.57 Å². The van der Waals surface area contributed by atoms with E-state index in [4.69, 9.17) is 8.83 Å². The first kappa shape index (κ1) is 24.8. The number of nitrogens with zero attached hydrogens (tertiary/aromatic N) is 2. The van der Waals surface area contributed by atoms with Gasteiger partial charge in [-0.15, -0.1) is 0 Å². The van der Waals surface area contributed by atoms with E-state index < -0.39 is 0 Å². The molecule has 4 nitrogen and oxygen atoms in total. The molecule has 208 valence electrons. The highest BCUT2D eigenvalue weighted by Crippen LogP contribution is 2.37. The predicted molar refractivity (Wildman–Crippen MR) is 179 cm³/mol. The molecule has 0 radical (unpaired) electrons. The van der Waals surface area contributed by atoms with Crippen LogP contribution in [0.3, 0.4) is 0 Å². The van der Waals surface area contributed by atoms with Crippen LogP contribution in [0.1, 0.15) is 23.1 Å². The van der Waals surface area contributed by atoms with Crippen molar-refractivity contribution in [3.63, 3.8) is 0 Å². The molecule has 6 aromatic carbocycles. The van der Waals surface area contributed by atoms with Gasteiger partial charge in [0.1, 0.15) is 22.3 Å². The molecular formula is C40H26N2O2. The maximum atomic E-state index is 9.35. The summed E-state index contributed by atoms with van der Waals surface area (Å²) < 4.78 is 15.1. The molecule has 0 saturated heterocycles. The summed E-state index contributed by atoms with van der Waals surface area (Å²) in [4.78, 5) is 0. The zero-order valence-corrected chi connectivity index (χ0v) is 23.9. The number of nitriles is 1. The predicted octanol–water partition coefficient (Wildman–Crippen LogP) is 10.6. The van der Waals surface area contributed by atoms with E-state index in [0.717, 1.165) is 68.8 Å². The first-order chi connectivity index (χ1) is 21.8. The minimum Gasteiger partial charge on any atom is -0.456 e. The Morgan fingerprint density at radius 1 is 0.523 bits per heavy atom. The molecule has 0 amide bonds. The minimum absolute atomic E-state index is 0.645. The average Bonchev–Trinajstić information content (AvgIpc) is 3.74. The molecule has 9 rings (SSSR count). The Morgan fingerprint density at radius 3 is 1.68 bits per heavy atom. The van der Waals surface area contributed by atoms with Gasteiger partial charge >= 0.3 is 0 Å². The SMILES string of the molecule is N#Cc1ccc2oc3c(CCCc4cccc5c4oc4ccc(-n6c7ccccc7c7ccccc76)cc45)cccc3c2c1. The number of para-hydroxylation sites is 4. The van der Waals surface area contributed by atoms with Crippen LogP contribution < -0.4 is 0 Å². The standard InChI is InChI=1S/C40H26N2O2/c41-24-25-18-20-37-33(22-25)31-14-6-10-26(39(31)43-37)8-5-9-27-11-7-15-32-34-23-28(19-21-38(34)44-40(27)32)42-35-16-3-1-12-29(35)30-13-2-4-17-36(30)42/h1-4,6-7,10-23H,5,8-9H2. The van der Waals surface area contributed by atoms with Crippen molar-refractivity contribution in [3.05, 3.63) is 138 Å². The summed E-state index contributed by atoms with van der Waals surface area (Å²) in [7, 11) is 0. The van der Waals surface area contributed by atoms with Crippen molar-refractivity contribution in [2.75, 3.05) is 0 Å². The smallest absolute Gasteiger partial charge is 0.138 e. The van der Waals surface area contributed by atoms with Crippen LogP contribution >= 0.6 is 0 Å². The fourth-order valence-electron chi connectivity index (χ4n) is 6.97. The second-order valence-corrected chi connectivity index (χ2v) is 11.5. The van der Waals surface area contributed by atoms with Crippen molar-refractivity contribution < 1.29 is 8.83 Å². The number of rotatable bonds is 5. The summed E-state index contributed by atoms with van der Waals surface area (Å²) in [5, 5.41) is 16.2. The topological polar surface area (TPSA) is 55.0 Å².